The number of fused-ring (bicyclic) bond motifs is 1. The first-order chi connectivity index (χ1) is 10.2. The second-order valence-corrected chi connectivity index (χ2v) is 5.59. The SMILES string of the molecule is O=C(NCc1ccccc1Cl)c1ccc2c(c1)CNCC2. The lowest BCUT2D eigenvalue weighted by atomic mass is 9.98. The standard InChI is InChI=1S/C17H17ClN2O/c18-16-4-2-1-3-14(16)11-20-17(21)13-6-5-12-7-8-19-10-15(12)9-13/h1-6,9,19H,7-8,10-11H2,(H,20,21). The number of halogens is 1. The zero-order valence-corrected chi connectivity index (χ0v) is 12.4. The minimum atomic E-state index is -0.0664. The van der Waals surface area contributed by atoms with E-state index < -0.39 is 0 Å². The van der Waals surface area contributed by atoms with Crippen LogP contribution in [-0.2, 0) is 19.5 Å². The molecule has 1 aliphatic heterocycles. The van der Waals surface area contributed by atoms with Crippen molar-refractivity contribution in [2.45, 2.75) is 19.5 Å². The molecular formula is C17H17ClN2O. The molecule has 0 fully saturated rings. The fraction of sp³-hybridized carbons (Fsp3) is 0.235. The Labute approximate surface area is 129 Å². The molecule has 3 rings (SSSR count). The maximum atomic E-state index is 12.2. The number of benzene rings is 2. The van der Waals surface area contributed by atoms with E-state index in [-0.39, 0.29) is 5.91 Å². The Morgan fingerprint density at radius 2 is 2.05 bits per heavy atom. The number of carbonyl (C=O) groups excluding carboxylic acids is 1. The van der Waals surface area contributed by atoms with E-state index in [4.69, 9.17) is 11.6 Å². The quantitative estimate of drug-likeness (QED) is 0.915. The summed E-state index contributed by atoms with van der Waals surface area (Å²) < 4.78 is 0. The van der Waals surface area contributed by atoms with Crippen LogP contribution in [0.25, 0.3) is 0 Å². The normalized spacial score (nSPS) is 13.6. The molecule has 0 saturated carbocycles. The predicted molar refractivity (Wildman–Crippen MR) is 84.5 cm³/mol. The maximum absolute atomic E-state index is 12.2. The summed E-state index contributed by atoms with van der Waals surface area (Å²) in [5, 5.41) is 6.92. The highest BCUT2D eigenvalue weighted by atomic mass is 35.5. The van der Waals surface area contributed by atoms with Gasteiger partial charge in [0.2, 0.25) is 0 Å². The fourth-order valence-electron chi connectivity index (χ4n) is 2.54. The molecule has 1 amide bonds. The summed E-state index contributed by atoms with van der Waals surface area (Å²) in [6.07, 6.45) is 1.02. The van der Waals surface area contributed by atoms with Crippen molar-refractivity contribution < 1.29 is 4.79 Å². The highest BCUT2D eigenvalue weighted by molar-refractivity contribution is 6.31. The van der Waals surface area contributed by atoms with E-state index in [1.54, 1.807) is 0 Å². The van der Waals surface area contributed by atoms with Gasteiger partial charge in [-0.1, -0.05) is 35.9 Å². The van der Waals surface area contributed by atoms with Crippen LogP contribution in [-0.4, -0.2) is 12.5 Å². The van der Waals surface area contributed by atoms with E-state index in [0.717, 1.165) is 25.1 Å². The minimum Gasteiger partial charge on any atom is -0.348 e. The smallest absolute Gasteiger partial charge is 0.251 e. The molecule has 1 aliphatic rings. The molecule has 4 heteroatoms. The lowest BCUT2D eigenvalue weighted by Crippen LogP contribution is -2.26. The third kappa shape index (κ3) is 3.26. The van der Waals surface area contributed by atoms with Gasteiger partial charge in [0, 0.05) is 23.7 Å². The lowest BCUT2D eigenvalue weighted by molar-refractivity contribution is 0.0951. The van der Waals surface area contributed by atoms with Crippen molar-refractivity contribution in [3.63, 3.8) is 0 Å². The van der Waals surface area contributed by atoms with Crippen molar-refractivity contribution in [2.24, 2.45) is 0 Å². The first-order valence-corrected chi connectivity index (χ1v) is 7.46. The highest BCUT2D eigenvalue weighted by Crippen LogP contribution is 2.17. The molecule has 0 bridgehead atoms. The Bertz CT molecular complexity index is 670. The Morgan fingerprint density at radius 1 is 1.19 bits per heavy atom. The van der Waals surface area contributed by atoms with Crippen molar-refractivity contribution >= 4 is 17.5 Å². The molecule has 2 aromatic carbocycles. The van der Waals surface area contributed by atoms with E-state index in [0.29, 0.717) is 17.1 Å². The molecule has 0 atom stereocenters. The van der Waals surface area contributed by atoms with E-state index in [1.165, 1.54) is 11.1 Å². The summed E-state index contributed by atoms with van der Waals surface area (Å²) in [5.41, 5.74) is 4.17. The first kappa shape index (κ1) is 14.1. The molecule has 2 aromatic rings. The van der Waals surface area contributed by atoms with Gasteiger partial charge in [0.05, 0.1) is 0 Å². The molecule has 0 saturated heterocycles. The van der Waals surface area contributed by atoms with Gasteiger partial charge >= 0.3 is 0 Å². The van der Waals surface area contributed by atoms with E-state index in [1.807, 2.05) is 36.4 Å². The number of carbonyl (C=O) groups is 1. The van der Waals surface area contributed by atoms with E-state index >= 15 is 0 Å². The van der Waals surface area contributed by atoms with Gasteiger partial charge in [-0.3, -0.25) is 4.79 Å². The van der Waals surface area contributed by atoms with Crippen LogP contribution < -0.4 is 10.6 Å². The number of amides is 1. The van der Waals surface area contributed by atoms with Crippen LogP contribution in [0.3, 0.4) is 0 Å². The monoisotopic (exact) mass is 300 g/mol. The van der Waals surface area contributed by atoms with Crippen LogP contribution in [0.2, 0.25) is 5.02 Å². The third-order valence-corrected chi connectivity index (χ3v) is 4.12. The predicted octanol–water partition coefficient (Wildman–Crippen LogP) is 2.92. The van der Waals surface area contributed by atoms with Crippen molar-refractivity contribution in [3.8, 4) is 0 Å². The highest BCUT2D eigenvalue weighted by Gasteiger charge is 2.12. The second-order valence-electron chi connectivity index (χ2n) is 5.18. The van der Waals surface area contributed by atoms with E-state index in [9.17, 15) is 4.79 Å². The Balaban J connectivity index is 1.69. The fourth-order valence-corrected chi connectivity index (χ4v) is 2.74. The Kier molecular flexibility index (Phi) is 4.23. The first-order valence-electron chi connectivity index (χ1n) is 7.08. The van der Waals surface area contributed by atoms with Crippen molar-refractivity contribution in [1.29, 1.82) is 0 Å². The van der Waals surface area contributed by atoms with Gasteiger partial charge < -0.3 is 10.6 Å². The molecule has 0 spiro atoms. The molecule has 0 unspecified atom stereocenters. The van der Waals surface area contributed by atoms with Crippen LogP contribution in [0, 0.1) is 0 Å². The average Bonchev–Trinajstić information content (AvgIpc) is 2.53. The van der Waals surface area contributed by atoms with Crippen LogP contribution >= 0.6 is 11.6 Å². The summed E-state index contributed by atoms with van der Waals surface area (Å²) in [5.74, 6) is -0.0664. The topological polar surface area (TPSA) is 41.1 Å². The summed E-state index contributed by atoms with van der Waals surface area (Å²) in [7, 11) is 0. The van der Waals surface area contributed by atoms with Crippen molar-refractivity contribution in [3.05, 3.63) is 69.7 Å². The molecular weight excluding hydrogens is 284 g/mol. The summed E-state index contributed by atoms with van der Waals surface area (Å²) in [4.78, 5) is 12.2. The molecule has 0 aromatic heterocycles. The summed E-state index contributed by atoms with van der Waals surface area (Å²) in [6.45, 7) is 2.28. The molecule has 3 nitrogen and oxygen atoms in total. The zero-order chi connectivity index (χ0) is 14.7. The zero-order valence-electron chi connectivity index (χ0n) is 11.7. The molecule has 1 heterocycles. The van der Waals surface area contributed by atoms with Gasteiger partial charge in [-0.2, -0.15) is 0 Å². The number of hydrogen-bond acceptors (Lipinski definition) is 2. The van der Waals surface area contributed by atoms with Crippen LogP contribution in [0.5, 0.6) is 0 Å². The van der Waals surface area contributed by atoms with Crippen LogP contribution in [0.4, 0.5) is 0 Å². The molecule has 0 radical (unpaired) electrons. The van der Waals surface area contributed by atoms with Gasteiger partial charge in [-0.25, -0.2) is 0 Å². The lowest BCUT2D eigenvalue weighted by Gasteiger charge is -2.17. The maximum Gasteiger partial charge on any atom is 0.251 e. The Morgan fingerprint density at radius 3 is 2.90 bits per heavy atom. The van der Waals surface area contributed by atoms with Crippen molar-refractivity contribution in [2.75, 3.05) is 6.54 Å². The Hall–Kier alpha value is -1.84. The number of nitrogens with one attached hydrogen (secondary N) is 2. The third-order valence-electron chi connectivity index (χ3n) is 3.75. The summed E-state index contributed by atoms with van der Waals surface area (Å²) in [6, 6.07) is 13.5. The van der Waals surface area contributed by atoms with Gasteiger partial charge in [-0.15, -0.1) is 0 Å². The van der Waals surface area contributed by atoms with Crippen LogP contribution in [0.15, 0.2) is 42.5 Å². The van der Waals surface area contributed by atoms with Gasteiger partial charge in [0.1, 0.15) is 0 Å². The molecule has 108 valence electrons. The molecule has 21 heavy (non-hydrogen) atoms. The van der Waals surface area contributed by atoms with Gasteiger partial charge in [0.15, 0.2) is 0 Å². The van der Waals surface area contributed by atoms with E-state index in [2.05, 4.69) is 16.7 Å². The van der Waals surface area contributed by atoms with Crippen molar-refractivity contribution in [1.82, 2.24) is 10.6 Å². The van der Waals surface area contributed by atoms with Crippen LogP contribution in [0.1, 0.15) is 27.0 Å². The van der Waals surface area contributed by atoms with Gasteiger partial charge in [-0.05, 0) is 47.9 Å². The average molecular weight is 301 g/mol. The summed E-state index contributed by atoms with van der Waals surface area (Å²) >= 11 is 6.09. The van der Waals surface area contributed by atoms with Gasteiger partial charge in [0.25, 0.3) is 5.91 Å². The second kappa shape index (κ2) is 6.29. The largest absolute Gasteiger partial charge is 0.348 e. The number of hydrogen-bond donors (Lipinski definition) is 2. The molecule has 2 N–H and O–H groups in total. The minimum absolute atomic E-state index is 0.0664. The number of rotatable bonds is 3. The molecule has 0 aliphatic carbocycles.